The Morgan fingerprint density at radius 1 is 1.06 bits per heavy atom. The van der Waals surface area contributed by atoms with Crippen molar-refractivity contribution >= 4 is 0 Å². The lowest BCUT2D eigenvalue weighted by molar-refractivity contribution is -0.126. The maximum Gasteiger partial charge on any atom is 0.416 e. The summed E-state index contributed by atoms with van der Waals surface area (Å²) in [5.74, 6) is -0.156. The Bertz CT molecular complexity index is 266. The van der Waals surface area contributed by atoms with Crippen LogP contribution in [0.2, 0.25) is 0 Å². The third kappa shape index (κ3) is 7.36. The van der Waals surface area contributed by atoms with Crippen molar-refractivity contribution in [1.82, 2.24) is 0 Å². The van der Waals surface area contributed by atoms with Crippen molar-refractivity contribution in [3.05, 3.63) is 23.8 Å². The van der Waals surface area contributed by atoms with Crippen molar-refractivity contribution < 1.29 is 26.3 Å². The normalized spacial score (nSPS) is 15.2. The van der Waals surface area contributed by atoms with E-state index in [-0.39, 0.29) is 12.0 Å². The van der Waals surface area contributed by atoms with Gasteiger partial charge in [0.2, 0.25) is 0 Å². The average Bonchev–Trinajstić information content (AvgIpc) is 1.98. The minimum absolute atomic E-state index is 0.152. The maximum absolute atomic E-state index is 12.3. The first-order valence-electron chi connectivity index (χ1n) is 4.54. The molecule has 0 saturated carbocycles. The van der Waals surface area contributed by atoms with Gasteiger partial charge in [-0.15, -0.1) is 0 Å². The molecular formula is C10H12F6. The number of hydrogen-bond acceptors (Lipinski definition) is 0. The fourth-order valence-electron chi connectivity index (χ4n) is 0.800. The van der Waals surface area contributed by atoms with Crippen LogP contribution >= 0.6 is 0 Å². The summed E-state index contributed by atoms with van der Waals surface area (Å²) in [6, 6.07) is 0. The molecular weight excluding hydrogens is 234 g/mol. The van der Waals surface area contributed by atoms with E-state index in [4.69, 9.17) is 0 Å². The summed E-state index contributed by atoms with van der Waals surface area (Å²) in [6.07, 6.45) is -8.92. The zero-order valence-corrected chi connectivity index (χ0v) is 8.78. The molecule has 0 aromatic carbocycles. The zero-order valence-electron chi connectivity index (χ0n) is 8.78. The van der Waals surface area contributed by atoms with Gasteiger partial charge in [-0.2, -0.15) is 26.3 Å². The molecule has 0 fully saturated rings. The van der Waals surface area contributed by atoms with Crippen LogP contribution < -0.4 is 0 Å². The van der Waals surface area contributed by atoms with Crippen molar-refractivity contribution in [2.75, 3.05) is 0 Å². The summed E-state index contributed by atoms with van der Waals surface area (Å²) in [5, 5.41) is 0. The predicted molar refractivity (Wildman–Crippen MR) is 48.8 cm³/mol. The molecule has 0 unspecified atom stereocenters. The lowest BCUT2D eigenvalue weighted by Crippen LogP contribution is -2.12. The van der Waals surface area contributed by atoms with Gasteiger partial charge in [-0.05, 0) is 5.92 Å². The van der Waals surface area contributed by atoms with Gasteiger partial charge < -0.3 is 0 Å². The molecule has 0 spiro atoms. The summed E-state index contributed by atoms with van der Waals surface area (Å²) in [5.41, 5.74) is -1.27. The minimum Gasteiger partial charge on any atom is -0.171 e. The lowest BCUT2D eigenvalue weighted by Gasteiger charge is -2.09. The van der Waals surface area contributed by atoms with Gasteiger partial charge in [0.1, 0.15) is 0 Å². The van der Waals surface area contributed by atoms with E-state index in [9.17, 15) is 26.3 Å². The molecule has 0 N–H and O–H groups in total. The van der Waals surface area contributed by atoms with Crippen LogP contribution in [0, 0.1) is 5.92 Å². The average molecular weight is 246 g/mol. The molecule has 0 aliphatic rings. The Morgan fingerprint density at radius 3 is 1.88 bits per heavy atom. The number of allylic oxidation sites excluding steroid dienone is 4. The number of halogens is 6. The van der Waals surface area contributed by atoms with E-state index in [1.165, 1.54) is 6.08 Å². The molecule has 0 rings (SSSR count). The van der Waals surface area contributed by atoms with Gasteiger partial charge >= 0.3 is 12.4 Å². The highest BCUT2D eigenvalue weighted by Crippen LogP contribution is 2.30. The molecule has 0 bridgehead atoms. The van der Waals surface area contributed by atoms with Crippen LogP contribution in [0.25, 0.3) is 0 Å². The molecule has 0 radical (unpaired) electrons. The third-order valence-corrected chi connectivity index (χ3v) is 1.54. The molecule has 0 aliphatic carbocycles. The molecule has 16 heavy (non-hydrogen) atoms. The summed E-state index contributed by atoms with van der Waals surface area (Å²) >= 11 is 0. The molecule has 0 heterocycles. The van der Waals surface area contributed by atoms with Gasteiger partial charge in [0.15, 0.2) is 0 Å². The monoisotopic (exact) mass is 246 g/mol. The van der Waals surface area contributed by atoms with Gasteiger partial charge in [-0.1, -0.05) is 32.1 Å². The van der Waals surface area contributed by atoms with Gasteiger partial charge in [0, 0.05) is 0 Å². The fraction of sp³-hybridized carbons (Fsp3) is 0.600. The molecule has 94 valence electrons. The Labute approximate surface area is 89.6 Å². The van der Waals surface area contributed by atoms with E-state index >= 15 is 0 Å². The molecule has 0 nitrogen and oxygen atoms in total. The topological polar surface area (TPSA) is 0 Å². The first kappa shape index (κ1) is 15.1. The second-order valence-electron chi connectivity index (χ2n) is 3.58. The Balaban J connectivity index is 4.83. The summed E-state index contributed by atoms with van der Waals surface area (Å²) in [7, 11) is 0. The number of alkyl halides is 6. The van der Waals surface area contributed by atoms with Crippen molar-refractivity contribution in [2.45, 2.75) is 32.6 Å². The van der Waals surface area contributed by atoms with E-state index in [0.29, 0.717) is 6.08 Å². The Kier molecular flexibility index (Phi) is 5.09. The molecule has 0 saturated heterocycles. The molecule has 0 aliphatic heterocycles. The third-order valence-electron chi connectivity index (χ3n) is 1.54. The SMILES string of the molecule is CC(C)/C=C\C(=C/CC(F)(F)F)C(F)(F)F. The smallest absolute Gasteiger partial charge is 0.171 e. The zero-order chi connectivity index (χ0) is 13.0. The van der Waals surface area contributed by atoms with E-state index in [1.54, 1.807) is 13.8 Å². The quantitative estimate of drug-likeness (QED) is 0.502. The van der Waals surface area contributed by atoms with E-state index in [0.717, 1.165) is 0 Å². The summed E-state index contributed by atoms with van der Waals surface area (Å²) < 4.78 is 72.1. The minimum atomic E-state index is -4.75. The molecule has 0 aromatic heterocycles. The van der Waals surface area contributed by atoms with Crippen molar-refractivity contribution in [3.63, 3.8) is 0 Å². The van der Waals surface area contributed by atoms with E-state index in [2.05, 4.69) is 0 Å². The summed E-state index contributed by atoms with van der Waals surface area (Å²) in [4.78, 5) is 0. The van der Waals surface area contributed by atoms with Crippen LogP contribution in [-0.4, -0.2) is 12.4 Å². The van der Waals surface area contributed by atoms with Crippen LogP contribution in [0.5, 0.6) is 0 Å². The highest BCUT2D eigenvalue weighted by atomic mass is 19.4. The van der Waals surface area contributed by atoms with Gasteiger partial charge in [0.25, 0.3) is 0 Å². The largest absolute Gasteiger partial charge is 0.416 e. The van der Waals surface area contributed by atoms with Gasteiger partial charge in [-0.25, -0.2) is 0 Å². The standard InChI is InChI=1S/C10H12F6/c1-7(2)3-4-8(10(14,15)16)5-6-9(11,12)13/h3-5,7H,6H2,1-2H3/b4-3-,8-5+. The van der Waals surface area contributed by atoms with Crippen LogP contribution in [0.15, 0.2) is 23.8 Å². The predicted octanol–water partition coefficient (Wildman–Crippen LogP) is 4.64. The van der Waals surface area contributed by atoms with Crippen molar-refractivity contribution in [3.8, 4) is 0 Å². The van der Waals surface area contributed by atoms with E-state index < -0.39 is 24.3 Å². The molecule has 0 atom stereocenters. The van der Waals surface area contributed by atoms with Crippen LogP contribution in [-0.2, 0) is 0 Å². The second-order valence-corrected chi connectivity index (χ2v) is 3.58. The van der Waals surface area contributed by atoms with Crippen LogP contribution in [0.3, 0.4) is 0 Å². The maximum atomic E-state index is 12.3. The summed E-state index contributed by atoms with van der Waals surface area (Å²) in [6.45, 7) is 3.27. The molecule has 6 heteroatoms. The van der Waals surface area contributed by atoms with Gasteiger partial charge in [0.05, 0.1) is 12.0 Å². The lowest BCUT2D eigenvalue weighted by atomic mass is 10.1. The number of hydrogen-bond donors (Lipinski definition) is 0. The molecule has 0 amide bonds. The van der Waals surface area contributed by atoms with Crippen LogP contribution in [0.4, 0.5) is 26.3 Å². The number of rotatable bonds is 3. The van der Waals surface area contributed by atoms with Gasteiger partial charge in [-0.3, -0.25) is 0 Å². The van der Waals surface area contributed by atoms with Crippen molar-refractivity contribution in [2.24, 2.45) is 5.92 Å². The van der Waals surface area contributed by atoms with E-state index in [1.807, 2.05) is 0 Å². The first-order valence-corrected chi connectivity index (χ1v) is 4.54. The first-order chi connectivity index (χ1) is 7.02. The Morgan fingerprint density at radius 2 is 1.56 bits per heavy atom. The Hall–Kier alpha value is -0.940. The highest BCUT2D eigenvalue weighted by Gasteiger charge is 2.34. The second kappa shape index (κ2) is 5.41. The highest BCUT2D eigenvalue weighted by molar-refractivity contribution is 5.24. The molecule has 0 aromatic rings. The van der Waals surface area contributed by atoms with Crippen LogP contribution in [0.1, 0.15) is 20.3 Å². The van der Waals surface area contributed by atoms with Crippen molar-refractivity contribution in [1.29, 1.82) is 0 Å². The fourth-order valence-corrected chi connectivity index (χ4v) is 0.800.